The number of nitrogen functional groups attached to an aromatic ring is 1. The van der Waals surface area contributed by atoms with Crippen LogP contribution in [0.4, 0.5) is 5.82 Å². The van der Waals surface area contributed by atoms with E-state index in [0.29, 0.717) is 17.6 Å². The third-order valence-electron chi connectivity index (χ3n) is 5.04. The Hall–Kier alpha value is -2.55. The first-order valence-electron chi connectivity index (χ1n) is 9.61. The summed E-state index contributed by atoms with van der Waals surface area (Å²) in [6.45, 7) is 10.9. The van der Waals surface area contributed by atoms with Gasteiger partial charge in [-0.2, -0.15) is 5.26 Å². The van der Waals surface area contributed by atoms with Gasteiger partial charge in [-0.25, -0.2) is 15.0 Å². The lowest BCUT2D eigenvalue weighted by atomic mass is 9.98. The van der Waals surface area contributed by atoms with Crippen LogP contribution in [0.15, 0.2) is 12.7 Å². The molecule has 0 aromatic carbocycles. The Balaban J connectivity index is 2.16. The van der Waals surface area contributed by atoms with Crippen molar-refractivity contribution in [2.75, 3.05) is 12.3 Å². The molecule has 11 heteroatoms. The van der Waals surface area contributed by atoms with E-state index in [1.54, 1.807) is 6.33 Å². The van der Waals surface area contributed by atoms with E-state index in [1.807, 2.05) is 25.3 Å². The molecule has 1 radical (unpaired) electrons. The lowest BCUT2D eigenvalue weighted by Gasteiger charge is -2.35. The zero-order chi connectivity index (χ0) is 22.3. The maximum absolute atomic E-state index is 11.5. The van der Waals surface area contributed by atoms with Gasteiger partial charge in [-0.1, -0.05) is 13.1 Å². The largest absolute Gasteiger partial charge is 0.462 e. The van der Waals surface area contributed by atoms with Crippen LogP contribution in [-0.4, -0.2) is 58.2 Å². The fraction of sp³-hybridized carbons (Fsp3) is 0.632. The van der Waals surface area contributed by atoms with Gasteiger partial charge in [0.1, 0.15) is 44.8 Å². The number of esters is 1. The van der Waals surface area contributed by atoms with Crippen molar-refractivity contribution in [1.29, 1.82) is 5.26 Å². The van der Waals surface area contributed by atoms with Crippen LogP contribution in [0.5, 0.6) is 0 Å². The molecule has 3 atom stereocenters. The Bertz CT molecular complexity index is 997. The van der Waals surface area contributed by atoms with Gasteiger partial charge in [-0.05, 0) is 20.8 Å². The number of aromatic nitrogens is 4. The molecule has 2 aromatic heterocycles. The van der Waals surface area contributed by atoms with Gasteiger partial charge >= 0.3 is 5.97 Å². The van der Waals surface area contributed by atoms with Gasteiger partial charge in [0.05, 0.1) is 11.9 Å². The fourth-order valence-corrected chi connectivity index (χ4v) is 5.28. The van der Waals surface area contributed by atoms with Crippen LogP contribution in [0.3, 0.4) is 0 Å². The monoisotopic (exact) mass is 431 g/mol. The zero-order valence-electron chi connectivity index (χ0n) is 18.1. The highest BCUT2D eigenvalue weighted by atomic mass is 28.3. The highest BCUT2D eigenvalue weighted by molar-refractivity contribution is 6.58. The summed E-state index contributed by atoms with van der Waals surface area (Å²) < 4.78 is 19.9. The van der Waals surface area contributed by atoms with E-state index < -0.39 is 37.4 Å². The second-order valence-electron chi connectivity index (χ2n) is 8.64. The van der Waals surface area contributed by atoms with Crippen LogP contribution in [0.25, 0.3) is 11.2 Å². The molecule has 2 N–H and O–H groups in total. The topological polar surface area (TPSA) is 138 Å². The smallest absolute Gasteiger partial charge is 0.302 e. The minimum absolute atomic E-state index is 0.236. The van der Waals surface area contributed by atoms with E-state index in [4.69, 9.17) is 19.9 Å². The molecule has 1 aliphatic rings. The Morgan fingerprint density at radius 1 is 1.43 bits per heavy atom. The molecule has 0 spiro atoms. The van der Waals surface area contributed by atoms with Crippen molar-refractivity contribution in [2.24, 2.45) is 0 Å². The molecule has 30 heavy (non-hydrogen) atoms. The van der Waals surface area contributed by atoms with Gasteiger partial charge in [0.2, 0.25) is 5.60 Å². The molecule has 0 saturated carbocycles. The minimum Gasteiger partial charge on any atom is -0.462 e. The SMILES string of the molecule is CC(=O)OC[C@@]1(C#N)O[C@](n2cnc3c(N)ncnc32)([Si](C)C)C[C@@H]1OC(C)(C)C. The minimum atomic E-state index is -1.48. The van der Waals surface area contributed by atoms with Gasteiger partial charge in [0, 0.05) is 13.3 Å². The van der Waals surface area contributed by atoms with Crippen molar-refractivity contribution in [3.63, 3.8) is 0 Å². The molecule has 0 aliphatic carbocycles. The highest BCUT2D eigenvalue weighted by Crippen LogP contribution is 2.47. The second kappa shape index (κ2) is 7.61. The van der Waals surface area contributed by atoms with Crippen LogP contribution in [-0.2, 0) is 24.4 Å². The summed E-state index contributed by atoms with van der Waals surface area (Å²) in [4.78, 5) is 24.3. The number of nitrogens with two attached hydrogens (primary N) is 1. The molecule has 161 valence electrons. The molecular weight excluding hydrogens is 404 g/mol. The van der Waals surface area contributed by atoms with Crippen LogP contribution < -0.4 is 5.73 Å². The van der Waals surface area contributed by atoms with Crippen molar-refractivity contribution in [3.05, 3.63) is 12.7 Å². The Morgan fingerprint density at radius 3 is 2.70 bits per heavy atom. The summed E-state index contributed by atoms with van der Waals surface area (Å²) in [5.41, 5.74) is 4.93. The van der Waals surface area contributed by atoms with Gasteiger partial charge in [0.15, 0.2) is 11.5 Å². The third-order valence-corrected chi connectivity index (χ3v) is 7.15. The number of nitrogens with zero attached hydrogens (tertiary/aromatic N) is 5. The molecule has 1 aliphatic heterocycles. The van der Waals surface area contributed by atoms with Crippen molar-refractivity contribution >= 4 is 31.7 Å². The molecule has 3 rings (SSSR count). The van der Waals surface area contributed by atoms with Crippen LogP contribution in [0.2, 0.25) is 13.1 Å². The maximum atomic E-state index is 11.5. The molecule has 1 saturated heterocycles. The number of ether oxygens (including phenoxy) is 3. The summed E-state index contributed by atoms with van der Waals surface area (Å²) in [6, 6.07) is 2.24. The quantitative estimate of drug-likeness (QED) is 0.554. The number of imidazole rings is 1. The van der Waals surface area contributed by atoms with Crippen molar-refractivity contribution in [2.45, 2.75) is 69.9 Å². The average molecular weight is 432 g/mol. The average Bonchev–Trinajstić information content (AvgIpc) is 3.20. The molecule has 0 bridgehead atoms. The summed E-state index contributed by atoms with van der Waals surface area (Å²) in [6.07, 6.45) is 2.71. The Kier molecular flexibility index (Phi) is 5.61. The van der Waals surface area contributed by atoms with Crippen LogP contribution in [0, 0.1) is 11.3 Å². The molecule has 0 amide bonds. The van der Waals surface area contributed by atoms with Crippen molar-refractivity contribution < 1.29 is 19.0 Å². The first kappa shape index (κ1) is 22.1. The van der Waals surface area contributed by atoms with Gasteiger partial charge < -0.3 is 19.9 Å². The van der Waals surface area contributed by atoms with Gasteiger partial charge in [-0.3, -0.25) is 9.36 Å². The number of rotatable bonds is 5. The van der Waals surface area contributed by atoms with E-state index in [0.717, 1.165) is 0 Å². The molecular formula is C19H27N6O4Si. The summed E-state index contributed by atoms with van der Waals surface area (Å²) in [7, 11) is -1.27. The molecule has 3 heterocycles. The first-order chi connectivity index (χ1) is 13.9. The molecule has 10 nitrogen and oxygen atoms in total. The fourth-order valence-electron chi connectivity index (χ4n) is 3.66. The number of hydrogen-bond acceptors (Lipinski definition) is 9. The zero-order valence-corrected chi connectivity index (χ0v) is 19.1. The summed E-state index contributed by atoms with van der Waals surface area (Å²) in [5.74, 6) is -0.228. The lowest BCUT2D eigenvalue weighted by molar-refractivity contribution is -0.169. The van der Waals surface area contributed by atoms with Crippen LogP contribution >= 0.6 is 0 Å². The van der Waals surface area contributed by atoms with E-state index in [1.165, 1.54) is 13.3 Å². The normalized spacial score (nSPS) is 26.8. The molecule has 0 unspecified atom stereocenters. The van der Waals surface area contributed by atoms with E-state index in [9.17, 15) is 10.1 Å². The summed E-state index contributed by atoms with van der Waals surface area (Å²) >= 11 is 0. The van der Waals surface area contributed by atoms with E-state index >= 15 is 0 Å². The van der Waals surface area contributed by atoms with Gasteiger partial charge in [0.25, 0.3) is 0 Å². The predicted octanol–water partition coefficient (Wildman–Crippen LogP) is 1.78. The summed E-state index contributed by atoms with van der Waals surface area (Å²) in [5, 5.41) is 9.24. The number of nitriles is 1. The standard InChI is InChI=1S/C19H27N6O4Si/c1-12(26)27-9-18(8-20)13(28-17(2,3)4)7-19(29-18,30(5)6)25-11-24-14-15(21)22-10-23-16(14)25/h10-11,13H,7,9H2,1-6H3,(H2,21,22,23)/t13-,18+,19-/m0/s1. The number of fused-ring (bicyclic) bond motifs is 1. The highest BCUT2D eigenvalue weighted by Gasteiger charge is 2.61. The number of carbonyl (C=O) groups excluding carboxylic acids is 1. The van der Waals surface area contributed by atoms with Crippen LogP contribution in [0.1, 0.15) is 34.1 Å². The lowest BCUT2D eigenvalue weighted by Crippen LogP contribution is -2.49. The van der Waals surface area contributed by atoms with E-state index in [2.05, 4.69) is 34.1 Å². The third kappa shape index (κ3) is 3.78. The van der Waals surface area contributed by atoms with E-state index in [-0.39, 0.29) is 12.4 Å². The Morgan fingerprint density at radius 2 is 2.13 bits per heavy atom. The number of anilines is 1. The van der Waals surface area contributed by atoms with Gasteiger partial charge in [-0.15, -0.1) is 0 Å². The molecule has 1 fully saturated rings. The maximum Gasteiger partial charge on any atom is 0.302 e. The number of carbonyl (C=O) groups is 1. The first-order valence-corrected chi connectivity index (χ1v) is 12.1. The van der Waals surface area contributed by atoms with Crippen molar-refractivity contribution in [3.8, 4) is 6.07 Å². The number of hydrogen-bond donors (Lipinski definition) is 1. The Labute approximate surface area is 177 Å². The predicted molar refractivity (Wildman–Crippen MR) is 110 cm³/mol. The molecule has 2 aromatic rings. The van der Waals surface area contributed by atoms with Crippen molar-refractivity contribution in [1.82, 2.24) is 19.5 Å². The second-order valence-corrected chi connectivity index (χ2v) is 11.4.